The van der Waals surface area contributed by atoms with Gasteiger partial charge in [-0.25, -0.2) is 0 Å². The Morgan fingerprint density at radius 1 is 1.08 bits per heavy atom. The first kappa shape index (κ1) is 18.0. The topological polar surface area (TPSA) is 70.2 Å². The van der Waals surface area contributed by atoms with Gasteiger partial charge in [0.2, 0.25) is 5.91 Å². The zero-order valence-corrected chi connectivity index (χ0v) is 15.0. The molecule has 0 aliphatic rings. The number of hydrogen-bond donors (Lipinski definition) is 3. The van der Waals surface area contributed by atoms with Crippen molar-refractivity contribution in [3.63, 3.8) is 0 Å². The van der Waals surface area contributed by atoms with Gasteiger partial charge in [0, 0.05) is 22.3 Å². The van der Waals surface area contributed by atoms with E-state index in [-0.39, 0.29) is 18.4 Å². The Balaban J connectivity index is 1.91. The average molecular weight is 390 g/mol. The van der Waals surface area contributed by atoms with Crippen LogP contribution in [0.4, 0.5) is 11.4 Å². The van der Waals surface area contributed by atoms with Crippen LogP contribution < -0.4 is 16.0 Å². The van der Waals surface area contributed by atoms with Crippen molar-refractivity contribution >= 4 is 39.1 Å². The molecule has 0 aliphatic heterocycles. The number of carbonyl (C=O) groups is 2. The molecule has 0 unspecified atom stereocenters. The minimum Gasteiger partial charge on any atom is -0.376 e. The van der Waals surface area contributed by atoms with E-state index < -0.39 is 0 Å². The highest BCUT2D eigenvalue weighted by Gasteiger charge is 2.07. The number of amides is 2. The summed E-state index contributed by atoms with van der Waals surface area (Å²) >= 11 is 3.39. The summed E-state index contributed by atoms with van der Waals surface area (Å²) in [6, 6.07) is 14.5. The molecular weight excluding hydrogens is 370 g/mol. The second-order valence-electron chi connectivity index (χ2n) is 5.22. The van der Waals surface area contributed by atoms with Crippen LogP contribution >= 0.6 is 15.9 Å². The van der Waals surface area contributed by atoms with Crippen LogP contribution in [0.15, 0.2) is 53.0 Å². The Labute approximate surface area is 150 Å². The number of halogens is 1. The third-order valence-electron chi connectivity index (χ3n) is 3.26. The summed E-state index contributed by atoms with van der Waals surface area (Å²) in [4.78, 5) is 24.0. The maximum absolute atomic E-state index is 12.0. The molecule has 5 nitrogen and oxygen atoms in total. The van der Waals surface area contributed by atoms with Crippen LogP contribution in [-0.4, -0.2) is 24.9 Å². The molecule has 6 heteroatoms. The molecule has 0 aromatic heterocycles. The summed E-state index contributed by atoms with van der Waals surface area (Å²) in [7, 11) is 0. The van der Waals surface area contributed by atoms with Gasteiger partial charge in [-0.1, -0.05) is 25.1 Å². The average Bonchev–Trinajstić information content (AvgIpc) is 2.60. The van der Waals surface area contributed by atoms with Crippen molar-refractivity contribution in [1.82, 2.24) is 5.32 Å². The summed E-state index contributed by atoms with van der Waals surface area (Å²) in [5.41, 5.74) is 2.01. The monoisotopic (exact) mass is 389 g/mol. The molecule has 0 saturated heterocycles. The van der Waals surface area contributed by atoms with Gasteiger partial charge < -0.3 is 16.0 Å². The van der Waals surface area contributed by atoms with Gasteiger partial charge in [-0.3, -0.25) is 9.59 Å². The quantitative estimate of drug-likeness (QED) is 0.676. The second kappa shape index (κ2) is 9.08. The van der Waals surface area contributed by atoms with Gasteiger partial charge in [0.15, 0.2) is 0 Å². The van der Waals surface area contributed by atoms with Gasteiger partial charge in [0.05, 0.1) is 12.2 Å². The zero-order chi connectivity index (χ0) is 17.4. The van der Waals surface area contributed by atoms with E-state index in [0.717, 1.165) is 22.3 Å². The Hall–Kier alpha value is -2.34. The highest BCUT2D eigenvalue weighted by atomic mass is 79.9. The van der Waals surface area contributed by atoms with Gasteiger partial charge in [0.25, 0.3) is 5.91 Å². The summed E-state index contributed by atoms with van der Waals surface area (Å²) in [6.45, 7) is 2.76. The van der Waals surface area contributed by atoms with Crippen molar-refractivity contribution in [3.8, 4) is 0 Å². The number of anilines is 2. The maximum atomic E-state index is 12.0. The van der Waals surface area contributed by atoms with E-state index in [0.29, 0.717) is 12.1 Å². The van der Waals surface area contributed by atoms with E-state index >= 15 is 0 Å². The van der Waals surface area contributed by atoms with Crippen molar-refractivity contribution in [2.24, 2.45) is 0 Å². The normalized spacial score (nSPS) is 10.1. The Kier molecular flexibility index (Phi) is 6.81. The van der Waals surface area contributed by atoms with Crippen molar-refractivity contribution in [3.05, 3.63) is 58.6 Å². The Bertz CT molecular complexity index is 719. The molecule has 0 aliphatic carbocycles. The fraction of sp³-hybridized carbons (Fsp3) is 0.222. The fourth-order valence-electron chi connectivity index (χ4n) is 2.05. The second-order valence-corrected chi connectivity index (χ2v) is 6.07. The summed E-state index contributed by atoms with van der Waals surface area (Å²) < 4.78 is 0.827. The maximum Gasteiger partial charge on any atom is 0.251 e. The minimum absolute atomic E-state index is 0.112. The summed E-state index contributed by atoms with van der Waals surface area (Å²) in [5.74, 6) is -0.277. The van der Waals surface area contributed by atoms with Crippen LogP contribution in [0.25, 0.3) is 0 Å². The van der Waals surface area contributed by atoms with Crippen LogP contribution in [0.3, 0.4) is 0 Å². The molecule has 0 atom stereocenters. The highest BCUT2D eigenvalue weighted by molar-refractivity contribution is 9.10. The standard InChI is InChI=1S/C18H20BrN3O2/c1-2-10-20-18(24)13-6-5-7-14(11-13)21-12-17(23)22-16-9-4-3-8-15(16)19/h3-9,11,21H,2,10,12H2,1H3,(H,20,24)(H,22,23). The lowest BCUT2D eigenvalue weighted by molar-refractivity contribution is -0.114. The van der Waals surface area contributed by atoms with Gasteiger partial charge in [-0.05, 0) is 52.7 Å². The fourth-order valence-corrected chi connectivity index (χ4v) is 2.43. The molecule has 0 spiro atoms. The molecule has 0 fully saturated rings. The molecule has 126 valence electrons. The number of rotatable bonds is 7. The molecule has 2 rings (SSSR count). The largest absolute Gasteiger partial charge is 0.376 e. The summed E-state index contributed by atoms with van der Waals surface area (Å²) in [5, 5.41) is 8.67. The molecule has 0 heterocycles. The van der Waals surface area contributed by atoms with Gasteiger partial charge >= 0.3 is 0 Å². The number of nitrogens with one attached hydrogen (secondary N) is 3. The molecule has 0 bridgehead atoms. The first-order valence-corrected chi connectivity index (χ1v) is 8.56. The number of hydrogen-bond acceptors (Lipinski definition) is 3. The Morgan fingerprint density at radius 3 is 2.62 bits per heavy atom. The van der Waals surface area contributed by atoms with Crippen LogP contribution in [0.5, 0.6) is 0 Å². The predicted octanol–water partition coefficient (Wildman–Crippen LogP) is 3.64. The van der Waals surface area contributed by atoms with Crippen molar-refractivity contribution in [2.45, 2.75) is 13.3 Å². The SMILES string of the molecule is CCCNC(=O)c1cccc(NCC(=O)Nc2ccccc2Br)c1. The van der Waals surface area contributed by atoms with E-state index in [1.54, 1.807) is 18.2 Å². The smallest absolute Gasteiger partial charge is 0.251 e. The first-order chi connectivity index (χ1) is 11.6. The summed E-state index contributed by atoms with van der Waals surface area (Å²) in [6.07, 6.45) is 0.888. The Morgan fingerprint density at radius 2 is 1.88 bits per heavy atom. The van der Waals surface area contributed by atoms with Gasteiger partial charge in [-0.2, -0.15) is 0 Å². The van der Waals surface area contributed by atoms with Crippen molar-refractivity contribution in [2.75, 3.05) is 23.7 Å². The van der Waals surface area contributed by atoms with E-state index in [2.05, 4.69) is 31.9 Å². The number of para-hydroxylation sites is 1. The molecule has 24 heavy (non-hydrogen) atoms. The molecule has 3 N–H and O–H groups in total. The minimum atomic E-state index is -0.164. The number of benzene rings is 2. The lowest BCUT2D eigenvalue weighted by Gasteiger charge is -2.10. The predicted molar refractivity (Wildman–Crippen MR) is 100 cm³/mol. The van der Waals surface area contributed by atoms with E-state index in [4.69, 9.17) is 0 Å². The third-order valence-corrected chi connectivity index (χ3v) is 3.95. The molecule has 2 aromatic carbocycles. The highest BCUT2D eigenvalue weighted by Crippen LogP contribution is 2.21. The van der Waals surface area contributed by atoms with E-state index in [1.807, 2.05) is 37.3 Å². The number of carbonyl (C=O) groups excluding carboxylic acids is 2. The lowest BCUT2D eigenvalue weighted by Crippen LogP contribution is -2.24. The van der Waals surface area contributed by atoms with Crippen LogP contribution in [0.2, 0.25) is 0 Å². The third kappa shape index (κ3) is 5.38. The molecule has 0 radical (unpaired) electrons. The van der Waals surface area contributed by atoms with Gasteiger partial charge in [0.1, 0.15) is 0 Å². The molecule has 0 saturated carbocycles. The van der Waals surface area contributed by atoms with Crippen LogP contribution in [0.1, 0.15) is 23.7 Å². The lowest BCUT2D eigenvalue weighted by atomic mass is 10.2. The molecule has 2 amide bonds. The van der Waals surface area contributed by atoms with Gasteiger partial charge in [-0.15, -0.1) is 0 Å². The zero-order valence-electron chi connectivity index (χ0n) is 13.4. The van der Waals surface area contributed by atoms with E-state index in [9.17, 15) is 9.59 Å². The van der Waals surface area contributed by atoms with Crippen molar-refractivity contribution < 1.29 is 9.59 Å². The molecule has 2 aromatic rings. The first-order valence-electron chi connectivity index (χ1n) is 7.76. The van der Waals surface area contributed by atoms with E-state index in [1.165, 1.54) is 0 Å². The molecular formula is C18H20BrN3O2. The van der Waals surface area contributed by atoms with Crippen LogP contribution in [-0.2, 0) is 4.79 Å². The van der Waals surface area contributed by atoms with Crippen LogP contribution in [0, 0.1) is 0 Å². The van der Waals surface area contributed by atoms with Crippen molar-refractivity contribution in [1.29, 1.82) is 0 Å².